The zero-order valence-corrected chi connectivity index (χ0v) is 20.3. The van der Waals surface area contributed by atoms with Gasteiger partial charge in [0.05, 0.1) is 36.7 Å². The van der Waals surface area contributed by atoms with E-state index in [9.17, 15) is 22.8 Å². The molecule has 0 spiro atoms. The number of amides is 2. The number of hydrogen-bond acceptors (Lipinski definition) is 7. The molecule has 4 aromatic rings. The number of aromatic nitrogens is 4. The molecule has 0 saturated carbocycles. The number of halogens is 3. The lowest BCUT2D eigenvalue weighted by molar-refractivity contribution is -0.137. The fourth-order valence-corrected chi connectivity index (χ4v) is 3.95. The molecule has 38 heavy (non-hydrogen) atoms. The third-order valence-electron chi connectivity index (χ3n) is 5.91. The number of hydrogen-bond donors (Lipinski definition) is 2. The summed E-state index contributed by atoms with van der Waals surface area (Å²) in [5.41, 5.74) is 1.40. The first-order chi connectivity index (χ1) is 18.1. The Morgan fingerprint density at radius 3 is 2.61 bits per heavy atom. The van der Waals surface area contributed by atoms with Crippen LogP contribution in [-0.4, -0.2) is 50.6 Å². The van der Waals surface area contributed by atoms with Crippen LogP contribution in [0.2, 0.25) is 0 Å². The van der Waals surface area contributed by atoms with Gasteiger partial charge in [0.25, 0.3) is 5.91 Å². The zero-order chi connectivity index (χ0) is 27.0. The highest BCUT2D eigenvalue weighted by Gasteiger charge is 2.32. The van der Waals surface area contributed by atoms with Gasteiger partial charge >= 0.3 is 6.18 Å². The Kier molecular flexibility index (Phi) is 6.35. The fraction of sp³-hybridized carbons (Fsp3) is 0.240. The molecule has 4 heterocycles. The van der Waals surface area contributed by atoms with Crippen LogP contribution in [-0.2, 0) is 11.0 Å². The maximum atomic E-state index is 12.9. The second kappa shape index (κ2) is 9.65. The van der Waals surface area contributed by atoms with Gasteiger partial charge in [-0.2, -0.15) is 18.3 Å². The second-order valence-corrected chi connectivity index (χ2v) is 8.83. The van der Waals surface area contributed by atoms with E-state index in [4.69, 9.17) is 4.74 Å². The van der Waals surface area contributed by atoms with Crippen molar-refractivity contribution >= 4 is 34.7 Å². The quantitative estimate of drug-likeness (QED) is 0.392. The molecule has 1 aliphatic heterocycles. The Balaban J connectivity index is 1.25. The number of alkyl halides is 3. The van der Waals surface area contributed by atoms with Crippen LogP contribution in [0.3, 0.4) is 0 Å². The van der Waals surface area contributed by atoms with Crippen molar-refractivity contribution in [3.05, 3.63) is 71.8 Å². The number of benzene rings is 1. The predicted molar refractivity (Wildman–Crippen MR) is 132 cm³/mol. The molecule has 10 nitrogen and oxygen atoms in total. The third kappa shape index (κ3) is 5.21. The summed E-state index contributed by atoms with van der Waals surface area (Å²) >= 11 is 0. The summed E-state index contributed by atoms with van der Waals surface area (Å²) < 4.78 is 46.6. The molecule has 2 amide bonds. The molecule has 1 saturated heterocycles. The Hall–Kier alpha value is -4.68. The van der Waals surface area contributed by atoms with Crippen molar-refractivity contribution in [3.8, 4) is 5.75 Å². The first kappa shape index (κ1) is 25.0. The minimum absolute atomic E-state index is 0.0637. The number of nitrogens with zero attached hydrogens (tertiary/aromatic N) is 5. The van der Waals surface area contributed by atoms with Gasteiger partial charge in [-0.05, 0) is 36.8 Å². The largest absolute Gasteiger partial charge is 0.486 e. The number of anilines is 3. The van der Waals surface area contributed by atoms with E-state index in [1.807, 2.05) is 11.8 Å². The van der Waals surface area contributed by atoms with Crippen molar-refractivity contribution in [1.29, 1.82) is 0 Å². The highest BCUT2D eigenvalue weighted by molar-refractivity contribution is 6.04. The Morgan fingerprint density at radius 2 is 1.87 bits per heavy atom. The Labute approximate surface area is 214 Å². The van der Waals surface area contributed by atoms with Crippen LogP contribution in [0, 0.1) is 6.92 Å². The van der Waals surface area contributed by atoms with Crippen LogP contribution in [0.1, 0.15) is 28.4 Å². The second-order valence-electron chi connectivity index (χ2n) is 8.83. The van der Waals surface area contributed by atoms with Crippen molar-refractivity contribution < 1.29 is 27.5 Å². The van der Waals surface area contributed by atoms with Crippen molar-refractivity contribution in [2.75, 3.05) is 28.6 Å². The highest BCUT2D eigenvalue weighted by Crippen LogP contribution is 2.31. The van der Waals surface area contributed by atoms with Gasteiger partial charge in [-0.25, -0.2) is 9.50 Å². The van der Waals surface area contributed by atoms with E-state index in [-0.39, 0.29) is 23.3 Å². The van der Waals surface area contributed by atoms with Gasteiger partial charge in [0.15, 0.2) is 5.65 Å². The lowest BCUT2D eigenvalue weighted by Crippen LogP contribution is -2.54. The van der Waals surface area contributed by atoms with Crippen molar-refractivity contribution in [3.63, 3.8) is 0 Å². The molecule has 5 rings (SSSR count). The van der Waals surface area contributed by atoms with Gasteiger partial charge in [-0.3, -0.25) is 14.6 Å². The van der Waals surface area contributed by atoms with Gasteiger partial charge in [0, 0.05) is 24.9 Å². The normalized spacial score (nSPS) is 13.8. The molecule has 0 radical (unpaired) electrons. The van der Waals surface area contributed by atoms with Crippen molar-refractivity contribution in [2.45, 2.75) is 26.1 Å². The van der Waals surface area contributed by atoms with Crippen molar-refractivity contribution in [2.24, 2.45) is 0 Å². The molecule has 13 heteroatoms. The molecule has 0 unspecified atom stereocenters. The highest BCUT2D eigenvalue weighted by atomic mass is 19.4. The molecule has 196 valence electrons. The predicted octanol–water partition coefficient (Wildman–Crippen LogP) is 3.93. The molecule has 1 aromatic carbocycles. The average Bonchev–Trinajstić information content (AvgIpc) is 3.24. The van der Waals surface area contributed by atoms with Gasteiger partial charge in [-0.1, -0.05) is 6.07 Å². The molecule has 1 fully saturated rings. The van der Waals surface area contributed by atoms with E-state index in [2.05, 4.69) is 25.7 Å². The summed E-state index contributed by atoms with van der Waals surface area (Å²) in [6.07, 6.45) is 0.502. The van der Waals surface area contributed by atoms with E-state index >= 15 is 0 Å². The number of fused-ring (bicyclic) bond motifs is 1. The van der Waals surface area contributed by atoms with E-state index in [0.29, 0.717) is 36.5 Å². The molecular weight excluding hydrogens is 503 g/mol. The molecular formula is C25H22F3N7O3. The topological polar surface area (TPSA) is 114 Å². The van der Waals surface area contributed by atoms with Gasteiger partial charge in [-0.15, -0.1) is 0 Å². The first-order valence-electron chi connectivity index (χ1n) is 11.5. The minimum Gasteiger partial charge on any atom is -0.486 e. The van der Waals surface area contributed by atoms with Crippen LogP contribution < -0.4 is 20.3 Å². The lowest BCUT2D eigenvalue weighted by atomic mass is 10.1. The first-order valence-corrected chi connectivity index (χ1v) is 11.5. The number of carbonyl (C=O) groups excluding carboxylic acids is 2. The lowest BCUT2D eigenvalue weighted by Gasteiger charge is -2.40. The number of aryl methyl sites for hydroxylation is 1. The van der Waals surface area contributed by atoms with Crippen LogP contribution in [0.5, 0.6) is 5.75 Å². The summed E-state index contributed by atoms with van der Waals surface area (Å²) in [6, 6.07) is 7.33. The van der Waals surface area contributed by atoms with E-state index in [0.717, 1.165) is 23.5 Å². The van der Waals surface area contributed by atoms with Crippen LogP contribution >= 0.6 is 0 Å². The fourth-order valence-electron chi connectivity index (χ4n) is 3.95. The Morgan fingerprint density at radius 1 is 1.08 bits per heavy atom. The minimum atomic E-state index is -4.57. The van der Waals surface area contributed by atoms with Crippen LogP contribution in [0.4, 0.5) is 30.4 Å². The van der Waals surface area contributed by atoms with E-state index in [1.54, 1.807) is 41.2 Å². The average molecular weight is 525 g/mol. The standard InChI is InChI=1S/C25H22F3N7O3/c1-14-3-4-16(24(37)32-18-8-17(9-29-10-18)25(26,27)28)7-21(14)38-19-12-34(13-19)20-11-30-35-6-5-22(31-15(2)36)33-23(20)35/h3-11,19H,12-13H2,1-2H3,(H,32,37)(H,31,33,36). The van der Waals surface area contributed by atoms with E-state index < -0.39 is 17.6 Å². The van der Waals surface area contributed by atoms with E-state index in [1.165, 1.54) is 6.92 Å². The van der Waals surface area contributed by atoms with Crippen LogP contribution in [0.25, 0.3) is 5.65 Å². The molecule has 3 aromatic heterocycles. The molecule has 2 N–H and O–H groups in total. The number of nitrogens with one attached hydrogen (secondary N) is 2. The molecule has 0 atom stereocenters. The number of pyridine rings is 1. The summed E-state index contributed by atoms with van der Waals surface area (Å²) in [5, 5.41) is 9.40. The number of rotatable bonds is 6. The number of ether oxygens (including phenoxy) is 1. The van der Waals surface area contributed by atoms with Gasteiger partial charge in [0.2, 0.25) is 5.91 Å². The maximum absolute atomic E-state index is 12.9. The zero-order valence-electron chi connectivity index (χ0n) is 20.3. The van der Waals surface area contributed by atoms with Gasteiger partial charge in [0.1, 0.15) is 23.4 Å². The summed E-state index contributed by atoms with van der Waals surface area (Å²) in [4.78, 5) is 34.1. The number of carbonyl (C=O) groups is 2. The monoisotopic (exact) mass is 525 g/mol. The summed E-state index contributed by atoms with van der Waals surface area (Å²) in [7, 11) is 0. The SMILES string of the molecule is CC(=O)Nc1ccn2ncc(N3CC(Oc4cc(C(=O)Nc5cncc(C(F)(F)F)c5)ccc4C)C3)c2n1. The summed E-state index contributed by atoms with van der Waals surface area (Å²) in [6.45, 7) is 4.32. The summed E-state index contributed by atoms with van der Waals surface area (Å²) in [5.74, 6) is 0.110. The Bertz CT molecular complexity index is 1530. The molecule has 0 bridgehead atoms. The van der Waals surface area contributed by atoms with Crippen molar-refractivity contribution in [1.82, 2.24) is 19.6 Å². The van der Waals surface area contributed by atoms with Gasteiger partial charge < -0.3 is 20.3 Å². The maximum Gasteiger partial charge on any atom is 0.417 e. The smallest absolute Gasteiger partial charge is 0.417 e. The molecule has 1 aliphatic rings. The van der Waals surface area contributed by atoms with Crippen LogP contribution in [0.15, 0.2) is 55.1 Å². The third-order valence-corrected chi connectivity index (χ3v) is 5.91. The molecule has 0 aliphatic carbocycles.